The van der Waals surface area contributed by atoms with Crippen molar-refractivity contribution in [2.75, 3.05) is 13.2 Å². The van der Waals surface area contributed by atoms with Gasteiger partial charge in [-0.05, 0) is 22.3 Å². The molecule has 0 radical (unpaired) electrons. The zero-order valence-corrected chi connectivity index (χ0v) is 18.5. The van der Waals surface area contributed by atoms with Crippen LogP contribution in [-0.4, -0.2) is 62.4 Å². The van der Waals surface area contributed by atoms with Crippen LogP contribution in [0.4, 0.5) is 0 Å². The van der Waals surface area contributed by atoms with Crippen molar-refractivity contribution in [2.24, 2.45) is 0 Å². The molecule has 1 aliphatic heterocycles. The van der Waals surface area contributed by atoms with Gasteiger partial charge in [0.15, 0.2) is 0 Å². The van der Waals surface area contributed by atoms with Gasteiger partial charge in [-0.25, -0.2) is 4.79 Å². The molecule has 1 aliphatic carbocycles. The van der Waals surface area contributed by atoms with Crippen molar-refractivity contribution >= 4 is 5.97 Å². The minimum Gasteiger partial charge on any atom is -0.463 e. The zero-order chi connectivity index (χ0) is 24.7. The Kier molecular flexibility index (Phi) is 6.12. The minimum absolute atomic E-state index is 0.0760. The third-order valence-corrected chi connectivity index (χ3v) is 6.56. The molecule has 0 spiro atoms. The highest BCUT2D eigenvalue weighted by Gasteiger charge is 2.44. The van der Waals surface area contributed by atoms with Crippen molar-refractivity contribution in [3.8, 4) is 11.1 Å². The molecule has 182 valence electrons. The summed E-state index contributed by atoms with van der Waals surface area (Å²) < 4.78 is 11.9. The predicted molar refractivity (Wildman–Crippen MR) is 123 cm³/mol. The normalized spacial score (nSPS) is 23.2. The Morgan fingerprint density at radius 3 is 2.20 bits per heavy atom. The fourth-order valence-corrected chi connectivity index (χ4v) is 4.80. The molecule has 3 aromatic rings. The van der Waals surface area contributed by atoms with Crippen LogP contribution < -0.4 is 11.2 Å². The first-order valence-corrected chi connectivity index (χ1v) is 11.2. The number of benzene rings is 2. The molecular formula is C25H24N2O8. The van der Waals surface area contributed by atoms with Crippen LogP contribution in [0.3, 0.4) is 0 Å². The lowest BCUT2D eigenvalue weighted by Gasteiger charge is -2.16. The predicted octanol–water partition coefficient (Wildman–Crippen LogP) is 0.0463. The molecule has 4 N–H and O–H groups in total. The molecule has 2 heterocycles. The minimum atomic E-state index is -1.49. The van der Waals surface area contributed by atoms with Gasteiger partial charge in [-0.1, -0.05) is 48.5 Å². The number of hydrogen-bond donors (Lipinski definition) is 4. The summed E-state index contributed by atoms with van der Waals surface area (Å²) in [6.45, 7) is -0.966. The SMILES string of the molecule is O=C(Cn1cc(C2OC(CO)C(O)C2O)c(=O)[nH]c1=O)OCC1c2ccccc2-c2ccccc21. The van der Waals surface area contributed by atoms with E-state index in [0.29, 0.717) is 0 Å². The van der Waals surface area contributed by atoms with Gasteiger partial charge in [-0.3, -0.25) is 19.1 Å². The number of carbonyl (C=O) groups is 1. The number of aromatic amines is 1. The number of carbonyl (C=O) groups excluding carboxylic acids is 1. The number of H-pyrrole nitrogens is 1. The molecule has 0 saturated carbocycles. The van der Waals surface area contributed by atoms with Crippen LogP contribution in [0.2, 0.25) is 0 Å². The van der Waals surface area contributed by atoms with Crippen LogP contribution >= 0.6 is 0 Å². The van der Waals surface area contributed by atoms with Crippen molar-refractivity contribution in [2.45, 2.75) is 36.9 Å². The molecule has 0 bridgehead atoms. The van der Waals surface area contributed by atoms with Gasteiger partial charge in [0.1, 0.15) is 37.6 Å². The Morgan fingerprint density at radius 1 is 0.971 bits per heavy atom. The molecule has 35 heavy (non-hydrogen) atoms. The van der Waals surface area contributed by atoms with E-state index >= 15 is 0 Å². The third-order valence-electron chi connectivity index (χ3n) is 6.56. The number of fused-ring (bicyclic) bond motifs is 3. The Bertz CT molecular complexity index is 1330. The second-order valence-corrected chi connectivity index (χ2v) is 8.64. The van der Waals surface area contributed by atoms with E-state index in [2.05, 4.69) is 4.98 Å². The van der Waals surface area contributed by atoms with Crippen molar-refractivity contribution in [3.63, 3.8) is 0 Å². The van der Waals surface area contributed by atoms with Gasteiger partial charge >= 0.3 is 11.7 Å². The molecule has 10 nitrogen and oxygen atoms in total. The molecule has 0 amide bonds. The summed E-state index contributed by atoms with van der Waals surface area (Å²) in [5.41, 5.74) is 2.46. The van der Waals surface area contributed by atoms with Gasteiger partial charge in [-0.2, -0.15) is 0 Å². The molecule has 1 saturated heterocycles. The molecule has 2 aliphatic rings. The van der Waals surface area contributed by atoms with Crippen LogP contribution in [0.25, 0.3) is 11.1 Å². The fourth-order valence-electron chi connectivity index (χ4n) is 4.80. The molecule has 5 rings (SSSR count). The number of aliphatic hydroxyl groups is 3. The summed E-state index contributed by atoms with van der Waals surface area (Å²) in [6, 6.07) is 15.8. The average molecular weight is 480 g/mol. The van der Waals surface area contributed by atoms with Crippen LogP contribution in [-0.2, 0) is 20.8 Å². The number of aromatic nitrogens is 2. The lowest BCUT2D eigenvalue weighted by molar-refractivity contribution is -0.144. The summed E-state index contributed by atoms with van der Waals surface area (Å²) in [7, 11) is 0. The van der Waals surface area contributed by atoms with Crippen molar-refractivity contribution in [3.05, 3.63) is 92.3 Å². The van der Waals surface area contributed by atoms with Crippen molar-refractivity contribution < 1.29 is 29.6 Å². The Hall–Kier alpha value is -3.57. The summed E-state index contributed by atoms with van der Waals surface area (Å²) in [5, 5.41) is 29.5. The monoisotopic (exact) mass is 480 g/mol. The Morgan fingerprint density at radius 2 is 1.60 bits per heavy atom. The van der Waals surface area contributed by atoms with E-state index in [4.69, 9.17) is 9.47 Å². The number of aliphatic hydroxyl groups excluding tert-OH is 3. The summed E-state index contributed by atoms with van der Waals surface area (Å²) in [5.74, 6) is -0.832. The molecule has 1 fully saturated rings. The van der Waals surface area contributed by atoms with E-state index in [0.717, 1.165) is 33.0 Å². The van der Waals surface area contributed by atoms with Gasteiger partial charge in [0, 0.05) is 12.1 Å². The fraction of sp³-hybridized carbons (Fsp3) is 0.320. The first kappa shape index (κ1) is 23.2. The van der Waals surface area contributed by atoms with Gasteiger partial charge in [0.25, 0.3) is 5.56 Å². The van der Waals surface area contributed by atoms with Crippen LogP contribution in [0, 0.1) is 0 Å². The Labute approximate surface area is 199 Å². The number of nitrogens with one attached hydrogen (secondary N) is 1. The molecule has 1 aromatic heterocycles. The number of nitrogens with zero attached hydrogens (tertiary/aromatic N) is 1. The molecular weight excluding hydrogens is 456 g/mol. The summed E-state index contributed by atoms with van der Waals surface area (Å²) in [4.78, 5) is 39.4. The van der Waals surface area contributed by atoms with Crippen molar-refractivity contribution in [1.82, 2.24) is 9.55 Å². The molecule has 4 atom stereocenters. The lowest BCUT2D eigenvalue weighted by Crippen LogP contribution is -2.37. The van der Waals surface area contributed by atoms with Crippen LogP contribution in [0.1, 0.15) is 28.7 Å². The summed E-state index contributed by atoms with van der Waals surface area (Å²) >= 11 is 0. The highest BCUT2D eigenvalue weighted by Crippen LogP contribution is 2.44. The first-order valence-electron chi connectivity index (χ1n) is 11.2. The number of rotatable bonds is 6. The van der Waals surface area contributed by atoms with Gasteiger partial charge in [-0.15, -0.1) is 0 Å². The smallest absolute Gasteiger partial charge is 0.328 e. The zero-order valence-electron chi connectivity index (χ0n) is 18.5. The van der Waals surface area contributed by atoms with Crippen LogP contribution in [0.15, 0.2) is 64.3 Å². The molecule has 2 aromatic carbocycles. The maximum absolute atomic E-state index is 12.7. The standard InChI is InChI=1S/C25H24N2O8/c28-11-19-21(30)22(31)23(35-19)17-9-27(25(33)26-24(17)32)10-20(29)34-12-18-15-7-3-1-5-13(15)14-6-2-4-8-16(14)18/h1-9,18-19,21-23,28,30-31H,10-12H2,(H,26,32,33). The van der Waals surface area contributed by atoms with E-state index in [9.17, 15) is 29.7 Å². The quantitative estimate of drug-likeness (QED) is 0.361. The number of ether oxygens (including phenoxy) is 2. The largest absolute Gasteiger partial charge is 0.463 e. The molecule has 4 unspecified atom stereocenters. The van der Waals surface area contributed by atoms with E-state index in [1.165, 1.54) is 0 Å². The highest BCUT2D eigenvalue weighted by atomic mass is 16.6. The number of hydrogen-bond acceptors (Lipinski definition) is 8. The Balaban J connectivity index is 1.33. The lowest BCUT2D eigenvalue weighted by atomic mass is 9.98. The highest BCUT2D eigenvalue weighted by molar-refractivity contribution is 5.79. The van der Waals surface area contributed by atoms with E-state index in [-0.39, 0.29) is 18.1 Å². The summed E-state index contributed by atoms with van der Waals surface area (Å²) in [6.07, 6.45) is -4.17. The van der Waals surface area contributed by atoms with E-state index in [1.54, 1.807) is 0 Å². The second kappa shape index (κ2) is 9.23. The topological polar surface area (TPSA) is 151 Å². The van der Waals surface area contributed by atoms with Gasteiger partial charge < -0.3 is 24.8 Å². The van der Waals surface area contributed by atoms with Gasteiger partial charge in [0.05, 0.1) is 12.2 Å². The maximum Gasteiger partial charge on any atom is 0.328 e. The van der Waals surface area contributed by atoms with Gasteiger partial charge in [0.2, 0.25) is 0 Å². The third kappa shape index (κ3) is 4.10. The van der Waals surface area contributed by atoms with Crippen LogP contribution in [0.5, 0.6) is 0 Å². The first-order chi connectivity index (χ1) is 16.9. The molecule has 10 heteroatoms. The maximum atomic E-state index is 12.7. The van der Waals surface area contributed by atoms with E-state index < -0.39 is 54.8 Å². The van der Waals surface area contributed by atoms with E-state index in [1.807, 2.05) is 48.5 Å². The number of esters is 1. The average Bonchev–Trinajstić information content (AvgIpc) is 3.33. The van der Waals surface area contributed by atoms with Crippen molar-refractivity contribution in [1.29, 1.82) is 0 Å². The second-order valence-electron chi connectivity index (χ2n) is 8.64.